The molecule has 43 heavy (non-hydrogen) atoms. The van der Waals surface area contributed by atoms with E-state index in [1.54, 1.807) is 0 Å². The van der Waals surface area contributed by atoms with Gasteiger partial charge < -0.3 is 28.4 Å². The van der Waals surface area contributed by atoms with Crippen molar-refractivity contribution >= 4 is 0 Å². The molecule has 0 bridgehead atoms. The molecule has 0 heterocycles. The first-order chi connectivity index (χ1) is 20.7. The van der Waals surface area contributed by atoms with Gasteiger partial charge in [0.2, 0.25) is 0 Å². The van der Waals surface area contributed by atoms with E-state index in [1.165, 1.54) is 77.0 Å². The van der Waals surface area contributed by atoms with Crippen molar-refractivity contribution in [2.75, 3.05) is 39.6 Å². The number of unbranched alkanes of at least 4 members (excludes halogenated alkanes) is 12. The molecule has 0 aliphatic carbocycles. The Labute approximate surface area is 269 Å². The summed E-state index contributed by atoms with van der Waals surface area (Å²) >= 11 is 0. The van der Waals surface area contributed by atoms with Crippen LogP contribution in [0.5, 0.6) is 0 Å². The van der Waals surface area contributed by atoms with Gasteiger partial charge in [-0.25, -0.2) is 0 Å². The second-order valence-electron chi connectivity index (χ2n) is 12.6. The second-order valence-corrected chi connectivity index (χ2v) is 12.6. The van der Waals surface area contributed by atoms with Crippen LogP contribution >= 0.6 is 0 Å². The Morgan fingerprint density at radius 2 is 0.581 bits per heavy atom. The maximum atomic E-state index is 6.53. The third kappa shape index (κ3) is 15.3. The molecule has 0 rings (SSSR count). The van der Waals surface area contributed by atoms with Gasteiger partial charge in [0.15, 0.2) is 0 Å². The minimum Gasteiger partial charge on any atom is -0.328 e. The van der Waals surface area contributed by atoms with E-state index in [9.17, 15) is 0 Å². The molecule has 0 fully saturated rings. The van der Waals surface area contributed by atoms with E-state index in [-0.39, 0.29) is 17.3 Å². The van der Waals surface area contributed by atoms with Crippen molar-refractivity contribution < 1.29 is 28.4 Å². The van der Waals surface area contributed by atoms with Gasteiger partial charge in [-0.05, 0) is 59.8 Å². The fraction of sp³-hybridized carbons (Fsp3) is 1.00. The summed E-state index contributed by atoms with van der Waals surface area (Å²) in [6.07, 6.45) is 19.5. The zero-order chi connectivity index (χ0) is 32.5. The zero-order valence-corrected chi connectivity index (χ0v) is 30.7. The Morgan fingerprint density at radius 3 is 0.814 bits per heavy atom. The third-order valence-corrected chi connectivity index (χ3v) is 8.92. The van der Waals surface area contributed by atoms with Crippen LogP contribution in [0.2, 0.25) is 0 Å². The van der Waals surface area contributed by atoms with Gasteiger partial charge in [-0.15, -0.1) is 0 Å². The van der Waals surface area contributed by atoms with Gasteiger partial charge in [0.1, 0.15) is 0 Å². The Bertz CT molecular complexity index is 526. The lowest BCUT2D eigenvalue weighted by Crippen LogP contribution is -2.59. The van der Waals surface area contributed by atoms with Crippen LogP contribution in [0.1, 0.15) is 172 Å². The number of ether oxygens (including phenoxy) is 6. The molecule has 0 amide bonds. The van der Waals surface area contributed by atoms with Crippen molar-refractivity contribution in [1.82, 2.24) is 0 Å². The van der Waals surface area contributed by atoms with E-state index in [2.05, 4.69) is 27.7 Å². The molecule has 0 saturated heterocycles. The summed E-state index contributed by atoms with van der Waals surface area (Å²) in [5, 5.41) is 0. The molecule has 2 unspecified atom stereocenters. The number of hydrogen-bond acceptors (Lipinski definition) is 6. The normalized spacial score (nSPS) is 14.4. The maximum Gasteiger partial charge on any atom is 0.286 e. The molecule has 0 aliphatic rings. The van der Waals surface area contributed by atoms with Crippen LogP contribution in [0.4, 0.5) is 0 Å². The number of hydrogen-bond donors (Lipinski definition) is 0. The van der Waals surface area contributed by atoms with E-state index >= 15 is 0 Å². The summed E-state index contributed by atoms with van der Waals surface area (Å²) in [5.74, 6) is -2.38. The molecule has 6 nitrogen and oxygen atoms in total. The van der Waals surface area contributed by atoms with E-state index < -0.39 is 11.9 Å². The van der Waals surface area contributed by atoms with Gasteiger partial charge >= 0.3 is 0 Å². The maximum absolute atomic E-state index is 6.53. The van der Waals surface area contributed by atoms with Gasteiger partial charge in [0.25, 0.3) is 11.9 Å². The van der Waals surface area contributed by atoms with E-state index in [0.717, 1.165) is 25.7 Å². The highest BCUT2D eigenvalue weighted by Gasteiger charge is 2.58. The van der Waals surface area contributed by atoms with Crippen LogP contribution in [-0.2, 0) is 28.4 Å². The first-order valence-corrected chi connectivity index (χ1v) is 18.6. The quantitative estimate of drug-likeness (QED) is 0.0553. The van der Waals surface area contributed by atoms with E-state index in [1.807, 2.05) is 41.5 Å². The summed E-state index contributed by atoms with van der Waals surface area (Å²) in [5.41, 5.74) is -0.358. The predicted molar refractivity (Wildman–Crippen MR) is 181 cm³/mol. The van der Waals surface area contributed by atoms with Crippen molar-refractivity contribution in [3.05, 3.63) is 0 Å². The number of rotatable bonds is 32. The smallest absolute Gasteiger partial charge is 0.286 e. The standard InChI is InChI=1S/C37H76O6/c1-11-19-21-23-25-27-29-31-33(36(38-13-3,39-14-4)40-15-5)35(9,10)34(32-30-28-26-24-22-20-12-2)37(41-16-6,42-17-7)43-18-8/h33-34H,11-32H2,1-10H3. The minimum atomic E-state index is -1.14. The zero-order valence-electron chi connectivity index (χ0n) is 30.7. The molecule has 0 aromatic carbocycles. The fourth-order valence-corrected chi connectivity index (χ4v) is 6.92. The highest BCUT2D eigenvalue weighted by Crippen LogP contribution is 2.53. The lowest BCUT2D eigenvalue weighted by atomic mass is 9.63. The molecule has 260 valence electrons. The minimum absolute atomic E-state index is 0.0502. The molecular formula is C37H76O6. The van der Waals surface area contributed by atoms with Crippen LogP contribution in [-0.4, -0.2) is 51.6 Å². The molecule has 6 heteroatoms. The van der Waals surface area contributed by atoms with Crippen molar-refractivity contribution in [2.24, 2.45) is 17.3 Å². The van der Waals surface area contributed by atoms with Crippen LogP contribution in [0.15, 0.2) is 0 Å². The largest absolute Gasteiger partial charge is 0.328 e. The molecule has 0 N–H and O–H groups in total. The molecule has 0 aliphatic heterocycles. The Balaban J connectivity index is 6.59. The average molecular weight is 617 g/mol. The lowest BCUT2D eigenvalue weighted by molar-refractivity contribution is -0.443. The van der Waals surface area contributed by atoms with Crippen LogP contribution in [0.25, 0.3) is 0 Å². The van der Waals surface area contributed by atoms with Crippen LogP contribution < -0.4 is 0 Å². The van der Waals surface area contributed by atoms with Gasteiger partial charge in [-0.2, -0.15) is 0 Å². The van der Waals surface area contributed by atoms with Crippen molar-refractivity contribution in [3.8, 4) is 0 Å². The van der Waals surface area contributed by atoms with Crippen LogP contribution in [0.3, 0.4) is 0 Å². The van der Waals surface area contributed by atoms with Crippen molar-refractivity contribution in [2.45, 2.75) is 184 Å². The van der Waals surface area contributed by atoms with Crippen molar-refractivity contribution in [3.63, 3.8) is 0 Å². The summed E-state index contributed by atoms with van der Waals surface area (Å²) in [6, 6.07) is 0. The van der Waals surface area contributed by atoms with Gasteiger partial charge in [-0.3, -0.25) is 0 Å². The average Bonchev–Trinajstić information content (AvgIpc) is 2.96. The molecule has 0 saturated carbocycles. The molecule has 0 aromatic heterocycles. The first kappa shape index (κ1) is 42.8. The molecule has 0 aromatic rings. The molecule has 0 spiro atoms. The molecule has 2 atom stereocenters. The Hall–Kier alpha value is -0.240. The fourth-order valence-electron chi connectivity index (χ4n) is 6.92. The highest BCUT2D eigenvalue weighted by molar-refractivity contribution is 4.95. The third-order valence-electron chi connectivity index (χ3n) is 8.92. The van der Waals surface area contributed by atoms with E-state index in [0.29, 0.717) is 39.6 Å². The first-order valence-electron chi connectivity index (χ1n) is 18.6. The monoisotopic (exact) mass is 617 g/mol. The second kappa shape index (κ2) is 25.9. The highest BCUT2D eigenvalue weighted by atomic mass is 16.9. The summed E-state index contributed by atoms with van der Waals surface area (Å²) in [6.45, 7) is 24.5. The SMILES string of the molecule is CCCCCCCCCC(C(OCC)(OCC)OCC)C(C)(C)C(CCCCCCCCC)C(OCC)(OCC)OCC. The Morgan fingerprint density at radius 1 is 0.349 bits per heavy atom. The Kier molecular flexibility index (Phi) is 25.8. The van der Waals surface area contributed by atoms with Crippen molar-refractivity contribution in [1.29, 1.82) is 0 Å². The summed E-state index contributed by atoms with van der Waals surface area (Å²) in [4.78, 5) is 0. The van der Waals surface area contributed by atoms with E-state index in [4.69, 9.17) is 28.4 Å². The lowest BCUT2D eigenvalue weighted by Gasteiger charge is -2.53. The summed E-state index contributed by atoms with van der Waals surface area (Å²) in [7, 11) is 0. The topological polar surface area (TPSA) is 55.4 Å². The van der Waals surface area contributed by atoms with Gasteiger partial charge in [0, 0.05) is 51.5 Å². The molecular weight excluding hydrogens is 540 g/mol. The van der Waals surface area contributed by atoms with Gasteiger partial charge in [-0.1, -0.05) is 118 Å². The predicted octanol–water partition coefficient (Wildman–Crippen LogP) is 11.1. The molecule has 0 radical (unpaired) electrons. The summed E-state index contributed by atoms with van der Waals surface area (Å²) < 4.78 is 39.2. The van der Waals surface area contributed by atoms with Crippen LogP contribution in [0, 0.1) is 17.3 Å². The van der Waals surface area contributed by atoms with Gasteiger partial charge in [0.05, 0.1) is 0 Å².